The SMILES string of the molecule is CCN(CC)CC[C@H]1CN(C(=O)c2ccoc2C)Cc2cncn21. The Kier molecular flexibility index (Phi) is 5.04. The lowest BCUT2D eigenvalue weighted by atomic mass is 10.1. The first-order valence-electron chi connectivity index (χ1n) is 8.70. The summed E-state index contributed by atoms with van der Waals surface area (Å²) < 4.78 is 7.53. The Balaban J connectivity index is 1.76. The van der Waals surface area contributed by atoms with Crippen LogP contribution in [0.2, 0.25) is 0 Å². The smallest absolute Gasteiger partial charge is 0.257 e. The average Bonchev–Trinajstić information content (AvgIpc) is 3.23. The van der Waals surface area contributed by atoms with Gasteiger partial charge in [0.2, 0.25) is 0 Å². The fraction of sp³-hybridized carbons (Fsp3) is 0.556. The predicted octanol–water partition coefficient (Wildman–Crippen LogP) is 2.71. The summed E-state index contributed by atoms with van der Waals surface area (Å²) in [6.07, 6.45) is 6.35. The van der Waals surface area contributed by atoms with Gasteiger partial charge in [-0.15, -0.1) is 0 Å². The summed E-state index contributed by atoms with van der Waals surface area (Å²) in [7, 11) is 0. The molecule has 0 radical (unpaired) electrons. The molecule has 0 bridgehead atoms. The molecule has 2 aromatic rings. The van der Waals surface area contributed by atoms with Crippen LogP contribution in [0.5, 0.6) is 0 Å². The molecule has 0 fully saturated rings. The highest BCUT2D eigenvalue weighted by atomic mass is 16.3. The Labute approximate surface area is 143 Å². The molecule has 0 spiro atoms. The van der Waals surface area contributed by atoms with E-state index in [2.05, 4.69) is 28.3 Å². The Morgan fingerprint density at radius 1 is 1.42 bits per heavy atom. The van der Waals surface area contributed by atoms with Crippen LogP contribution in [0.15, 0.2) is 29.3 Å². The molecule has 0 saturated carbocycles. The minimum absolute atomic E-state index is 0.0431. The molecule has 2 aromatic heterocycles. The van der Waals surface area contributed by atoms with Gasteiger partial charge < -0.3 is 18.8 Å². The number of furan rings is 1. The number of imidazole rings is 1. The molecule has 1 amide bonds. The average molecular weight is 330 g/mol. The predicted molar refractivity (Wildman–Crippen MR) is 91.9 cm³/mol. The minimum Gasteiger partial charge on any atom is -0.469 e. The van der Waals surface area contributed by atoms with Crippen LogP contribution in [-0.2, 0) is 6.54 Å². The van der Waals surface area contributed by atoms with Crippen molar-refractivity contribution in [3.8, 4) is 0 Å². The van der Waals surface area contributed by atoms with Crippen LogP contribution in [0.4, 0.5) is 0 Å². The molecule has 24 heavy (non-hydrogen) atoms. The number of nitrogens with zero attached hydrogens (tertiary/aromatic N) is 4. The van der Waals surface area contributed by atoms with Gasteiger partial charge in [-0.1, -0.05) is 13.8 Å². The van der Waals surface area contributed by atoms with Crippen LogP contribution >= 0.6 is 0 Å². The van der Waals surface area contributed by atoms with Crippen LogP contribution in [0.25, 0.3) is 0 Å². The largest absolute Gasteiger partial charge is 0.469 e. The van der Waals surface area contributed by atoms with Gasteiger partial charge in [0.05, 0.1) is 36.4 Å². The molecule has 1 aliphatic rings. The summed E-state index contributed by atoms with van der Waals surface area (Å²) in [5.41, 5.74) is 1.76. The van der Waals surface area contributed by atoms with E-state index in [4.69, 9.17) is 4.42 Å². The highest BCUT2D eigenvalue weighted by Crippen LogP contribution is 2.26. The van der Waals surface area contributed by atoms with Gasteiger partial charge in [-0.3, -0.25) is 4.79 Å². The number of amides is 1. The quantitative estimate of drug-likeness (QED) is 0.817. The molecule has 1 aliphatic heterocycles. The van der Waals surface area contributed by atoms with Gasteiger partial charge in [-0.05, 0) is 32.5 Å². The summed E-state index contributed by atoms with van der Waals surface area (Å²) in [6, 6.07) is 2.03. The van der Waals surface area contributed by atoms with E-state index >= 15 is 0 Å². The van der Waals surface area contributed by atoms with Crippen molar-refractivity contribution in [1.82, 2.24) is 19.4 Å². The molecular weight excluding hydrogens is 304 g/mol. The summed E-state index contributed by atoms with van der Waals surface area (Å²) >= 11 is 0. The van der Waals surface area contributed by atoms with E-state index in [1.54, 1.807) is 12.3 Å². The second-order valence-electron chi connectivity index (χ2n) is 6.34. The molecule has 3 rings (SSSR count). The Bertz CT molecular complexity index is 687. The first-order chi connectivity index (χ1) is 11.6. The molecule has 0 unspecified atom stereocenters. The van der Waals surface area contributed by atoms with Crippen molar-refractivity contribution in [3.05, 3.63) is 41.9 Å². The monoisotopic (exact) mass is 330 g/mol. The molecule has 1 atom stereocenters. The maximum atomic E-state index is 12.8. The number of fused-ring (bicyclic) bond motifs is 1. The number of hydrogen-bond donors (Lipinski definition) is 0. The van der Waals surface area contributed by atoms with E-state index in [0.29, 0.717) is 24.4 Å². The first kappa shape index (κ1) is 16.8. The molecule has 130 valence electrons. The lowest BCUT2D eigenvalue weighted by molar-refractivity contribution is 0.0666. The number of carbonyl (C=O) groups is 1. The maximum Gasteiger partial charge on any atom is 0.257 e. The van der Waals surface area contributed by atoms with Crippen LogP contribution in [-0.4, -0.2) is 51.4 Å². The van der Waals surface area contributed by atoms with E-state index in [-0.39, 0.29) is 11.9 Å². The molecule has 6 nitrogen and oxygen atoms in total. The second-order valence-corrected chi connectivity index (χ2v) is 6.34. The van der Waals surface area contributed by atoms with Crippen molar-refractivity contribution in [2.75, 3.05) is 26.2 Å². The number of hydrogen-bond acceptors (Lipinski definition) is 4. The molecule has 6 heteroatoms. The van der Waals surface area contributed by atoms with Crippen molar-refractivity contribution in [2.45, 2.75) is 39.8 Å². The molecule has 0 saturated heterocycles. The number of rotatable bonds is 6. The van der Waals surface area contributed by atoms with Crippen LogP contribution < -0.4 is 0 Å². The third-order valence-electron chi connectivity index (χ3n) is 4.97. The summed E-state index contributed by atoms with van der Waals surface area (Å²) in [5, 5.41) is 0. The normalized spacial score (nSPS) is 17.3. The van der Waals surface area contributed by atoms with Crippen molar-refractivity contribution in [1.29, 1.82) is 0 Å². The minimum atomic E-state index is 0.0431. The van der Waals surface area contributed by atoms with E-state index in [0.717, 1.165) is 31.7 Å². The van der Waals surface area contributed by atoms with Crippen LogP contribution in [0.1, 0.15) is 48.1 Å². The summed E-state index contributed by atoms with van der Waals surface area (Å²) in [4.78, 5) is 21.5. The van der Waals surface area contributed by atoms with Gasteiger partial charge in [0, 0.05) is 19.3 Å². The Morgan fingerprint density at radius 3 is 2.88 bits per heavy atom. The fourth-order valence-corrected chi connectivity index (χ4v) is 3.42. The highest BCUT2D eigenvalue weighted by Gasteiger charge is 2.29. The first-order valence-corrected chi connectivity index (χ1v) is 8.70. The van der Waals surface area contributed by atoms with E-state index in [1.807, 2.05) is 24.3 Å². The van der Waals surface area contributed by atoms with Gasteiger partial charge in [0.15, 0.2) is 0 Å². The van der Waals surface area contributed by atoms with E-state index in [9.17, 15) is 4.79 Å². The third-order valence-corrected chi connectivity index (χ3v) is 4.97. The van der Waals surface area contributed by atoms with Gasteiger partial charge in [-0.2, -0.15) is 0 Å². The van der Waals surface area contributed by atoms with Crippen LogP contribution in [0.3, 0.4) is 0 Å². The zero-order chi connectivity index (χ0) is 17.1. The lowest BCUT2D eigenvalue weighted by Gasteiger charge is -2.35. The lowest BCUT2D eigenvalue weighted by Crippen LogP contribution is -2.41. The maximum absolute atomic E-state index is 12.8. The second kappa shape index (κ2) is 7.21. The third kappa shape index (κ3) is 3.24. The molecule has 0 aromatic carbocycles. The molecule has 0 aliphatic carbocycles. The zero-order valence-corrected chi connectivity index (χ0v) is 14.7. The summed E-state index contributed by atoms with van der Waals surface area (Å²) in [5.74, 6) is 0.723. The number of aromatic nitrogens is 2. The van der Waals surface area contributed by atoms with Crippen molar-refractivity contribution in [2.24, 2.45) is 0 Å². The van der Waals surface area contributed by atoms with Gasteiger partial charge >= 0.3 is 0 Å². The van der Waals surface area contributed by atoms with Gasteiger partial charge in [0.25, 0.3) is 5.91 Å². The topological polar surface area (TPSA) is 54.5 Å². The molecule has 3 heterocycles. The fourth-order valence-electron chi connectivity index (χ4n) is 3.42. The van der Waals surface area contributed by atoms with Crippen molar-refractivity contribution < 1.29 is 9.21 Å². The highest BCUT2D eigenvalue weighted by molar-refractivity contribution is 5.95. The molecule has 0 N–H and O–H groups in total. The van der Waals surface area contributed by atoms with Gasteiger partial charge in [0.1, 0.15) is 5.76 Å². The number of carbonyl (C=O) groups excluding carboxylic acids is 1. The Morgan fingerprint density at radius 2 is 2.21 bits per heavy atom. The zero-order valence-electron chi connectivity index (χ0n) is 14.7. The Hall–Kier alpha value is -2.08. The summed E-state index contributed by atoms with van der Waals surface area (Å²) in [6.45, 7) is 10.7. The van der Waals surface area contributed by atoms with Gasteiger partial charge in [-0.25, -0.2) is 4.98 Å². The number of aryl methyl sites for hydroxylation is 1. The standard InChI is InChI=1S/C18H26N4O2/c1-4-20(5-2)8-6-15-11-21(12-16-10-19-13-22(15)16)18(23)17-7-9-24-14(17)3/h7,9-10,13,15H,4-6,8,11-12H2,1-3H3/t15-/m0/s1. The van der Waals surface area contributed by atoms with Crippen LogP contribution in [0, 0.1) is 6.92 Å². The molecular formula is C18H26N4O2. The van der Waals surface area contributed by atoms with Crippen molar-refractivity contribution >= 4 is 5.91 Å². The van der Waals surface area contributed by atoms with E-state index < -0.39 is 0 Å². The van der Waals surface area contributed by atoms with E-state index in [1.165, 1.54) is 0 Å². The van der Waals surface area contributed by atoms with Crippen molar-refractivity contribution in [3.63, 3.8) is 0 Å².